The first-order valence-electron chi connectivity index (χ1n) is 8.86. The second kappa shape index (κ2) is 7.99. The van der Waals surface area contributed by atoms with Crippen molar-refractivity contribution in [2.24, 2.45) is 11.0 Å². The van der Waals surface area contributed by atoms with Gasteiger partial charge >= 0.3 is 0 Å². The van der Waals surface area contributed by atoms with Crippen LogP contribution in [0.25, 0.3) is 0 Å². The highest BCUT2D eigenvalue weighted by atomic mass is 16.6. The number of benzene rings is 2. The maximum Gasteiger partial charge on any atom is 0.273 e. The predicted molar refractivity (Wildman–Crippen MR) is 105 cm³/mol. The average molecular weight is 380 g/mol. The van der Waals surface area contributed by atoms with Crippen molar-refractivity contribution in [3.05, 3.63) is 69.3 Å². The minimum Gasteiger partial charge on any atom is -0.326 e. The first kappa shape index (κ1) is 19.2. The van der Waals surface area contributed by atoms with Gasteiger partial charge in [-0.3, -0.25) is 19.7 Å². The van der Waals surface area contributed by atoms with E-state index in [1.165, 1.54) is 18.2 Å². The number of amides is 2. The van der Waals surface area contributed by atoms with E-state index in [1.54, 1.807) is 32.0 Å². The van der Waals surface area contributed by atoms with Crippen molar-refractivity contribution in [2.45, 2.75) is 26.7 Å². The van der Waals surface area contributed by atoms with Gasteiger partial charge in [-0.05, 0) is 50.5 Å². The number of carbonyl (C=O) groups is 2. The Hall–Kier alpha value is -3.55. The Morgan fingerprint density at radius 2 is 1.89 bits per heavy atom. The SMILES string of the molecule is CC(=NNC(=O)c1ccc(C)c([N+](=O)[O-])c1)c1cccc(NC(=O)C2CC2)c1. The summed E-state index contributed by atoms with van der Waals surface area (Å²) in [6, 6.07) is 11.4. The van der Waals surface area contributed by atoms with Crippen LogP contribution >= 0.6 is 0 Å². The van der Waals surface area contributed by atoms with E-state index in [1.807, 2.05) is 6.07 Å². The molecule has 3 rings (SSSR count). The van der Waals surface area contributed by atoms with E-state index < -0.39 is 10.8 Å². The minimum absolute atomic E-state index is 0.0148. The molecule has 1 fully saturated rings. The van der Waals surface area contributed by atoms with Crippen molar-refractivity contribution in [2.75, 3.05) is 5.32 Å². The number of nitrogens with one attached hydrogen (secondary N) is 2. The number of rotatable bonds is 6. The second-order valence-corrected chi connectivity index (χ2v) is 6.74. The smallest absolute Gasteiger partial charge is 0.273 e. The highest BCUT2D eigenvalue weighted by Gasteiger charge is 2.29. The zero-order valence-electron chi connectivity index (χ0n) is 15.6. The lowest BCUT2D eigenvalue weighted by Gasteiger charge is -2.07. The van der Waals surface area contributed by atoms with Gasteiger partial charge in [-0.25, -0.2) is 5.43 Å². The molecule has 0 spiro atoms. The summed E-state index contributed by atoms with van der Waals surface area (Å²) in [4.78, 5) is 34.6. The van der Waals surface area contributed by atoms with Crippen molar-refractivity contribution in [1.82, 2.24) is 5.43 Å². The fraction of sp³-hybridized carbons (Fsp3) is 0.250. The van der Waals surface area contributed by atoms with Crippen molar-refractivity contribution in [3.8, 4) is 0 Å². The van der Waals surface area contributed by atoms with Crippen LogP contribution in [0, 0.1) is 23.0 Å². The fourth-order valence-electron chi connectivity index (χ4n) is 2.62. The van der Waals surface area contributed by atoms with Crippen LogP contribution in [0.1, 0.15) is 41.3 Å². The molecule has 2 aromatic rings. The Balaban J connectivity index is 1.70. The van der Waals surface area contributed by atoms with Crippen LogP contribution in [0.5, 0.6) is 0 Å². The standard InChI is InChI=1S/C20H20N4O4/c1-12-6-7-16(11-18(12)24(27)28)20(26)23-22-13(2)15-4-3-5-17(10-15)21-19(25)14-8-9-14/h3-7,10-11,14H,8-9H2,1-2H3,(H,21,25)(H,23,26). The van der Waals surface area contributed by atoms with Crippen LogP contribution in [0.2, 0.25) is 0 Å². The van der Waals surface area contributed by atoms with Gasteiger partial charge in [0, 0.05) is 28.8 Å². The van der Waals surface area contributed by atoms with E-state index in [2.05, 4.69) is 15.8 Å². The molecule has 1 saturated carbocycles. The number of hydrogen-bond donors (Lipinski definition) is 2. The summed E-state index contributed by atoms with van der Waals surface area (Å²) in [5.41, 5.74) is 4.87. The molecule has 0 aromatic heterocycles. The van der Waals surface area contributed by atoms with Crippen LogP contribution in [0.4, 0.5) is 11.4 Å². The third kappa shape index (κ3) is 4.59. The van der Waals surface area contributed by atoms with Gasteiger partial charge in [0.05, 0.1) is 10.6 Å². The number of hydrogen-bond acceptors (Lipinski definition) is 5. The van der Waals surface area contributed by atoms with Crippen molar-refractivity contribution in [1.29, 1.82) is 0 Å². The Bertz CT molecular complexity index is 980. The molecule has 2 N–H and O–H groups in total. The third-order valence-electron chi connectivity index (χ3n) is 4.49. The van der Waals surface area contributed by atoms with Gasteiger partial charge in [-0.2, -0.15) is 5.10 Å². The largest absolute Gasteiger partial charge is 0.326 e. The zero-order valence-corrected chi connectivity index (χ0v) is 15.6. The highest BCUT2D eigenvalue weighted by Crippen LogP contribution is 2.30. The summed E-state index contributed by atoms with van der Waals surface area (Å²) < 4.78 is 0. The molecular weight excluding hydrogens is 360 g/mol. The van der Waals surface area contributed by atoms with Gasteiger partial charge in [0.1, 0.15) is 0 Å². The number of hydrazone groups is 1. The van der Waals surface area contributed by atoms with Crippen LogP contribution in [0.3, 0.4) is 0 Å². The van der Waals surface area contributed by atoms with E-state index in [4.69, 9.17) is 0 Å². The molecule has 0 saturated heterocycles. The average Bonchev–Trinajstić information content (AvgIpc) is 3.51. The molecule has 2 amide bonds. The van der Waals surface area contributed by atoms with Crippen molar-refractivity contribution < 1.29 is 14.5 Å². The van der Waals surface area contributed by atoms with Crippen LogP contribution in [-0.4, -0.2) is 22.4 Å². The number of nitro groups is 1. The van der Waals surface area contributed by atoms with Gasteiger partial charge in [0.25, 0.3) is 11.6 Å². The molecular formula is C20H20N4O4. The Kier molecular flexibility index (Phi) is 5.49. The van der Waals surface area contributed by atoms with Gasteiger partial charge < -0.3 is 5.32 Å². The lowest BCUT2D eigenvalue weighted by molar-refractivity contribution is -0.385. The second-order valence-electron chi connectivity index (χ2n) is 6.74. The van der Waals surface area contributed by atoms with Crippen molar-refractivity contribution >= 4 is 28.9 Å². The van der Waals surface area contributed by atoms with E-state index in [0.717, 1.165) is 18.4 Å². The molecule has 144 valence electrons. The number of anilines is 1. The Morgan fingerprint density at radius 3 is 2.57 bits per heavy atom. The maximum absolute atomic E-state index is 12.3. The fourth-order valence-corrected chi connectivity index (χ4v) is 2.62. The highest BCUT2D eigenvalue weighted by molar-refractivity contribution is 6.02. The van der Waals surface area contributed by atoms with Gasteiger partial charge in [-0.1, -0.05) is 18.2 Å². The van der Waals surface area contributed by atoms with Crippen LogP contribution < -0.4 is 10.7 Å². The van der Waals surface area contributed by atoms with Gasteiger partial charge in [0.2, 0.25) is 5.91 Å². The quantitative estimate of drug-likeness (QED) is 0.454. The summed E-state index contributed by atoms with van der Waals surface area (Å²) in [7, 11) is 0. The number of aryl methyl sites for hydroxylation is 1. The van der Waals surface area contributed by atoms with Crippen molar-refractivity contribution in [3.63, 3.8) is 0 Å². The van der Waals surface area contributed by atoms with Crippen LogP contribution in [0.15, 0.2) is 47.6 Å². The summed E-state index contributed by atoms with van der Waals surface area (Å²) in [6.45, 7) is 3.33. The van der Waals surface area contributed by atoms with E-state index in [9.17, 15) is 19.7 Å². The lowest BCUT2D eigenvalue weighted by atomic mass is 10.1. The number of carbonyl (C=O) groups excluding carboxylic acids is 2. The summed E-state index contributed by atoms with van der Waals surface area (Å²) >= 11 is 0. The summed E-state index contributed by atoms with van der Waals surface area (Å²) in [6.07, 6.45) is 1.85. The molecule has 8 nitrogen and oxygen atoms in total. The van der Waals surface area contributed by atoms with Gasteiger partial charge in [-0.15, -0.1) is 0 Å². The Labute approximate surface area is 161 Å². The maximum atomic E-state index is 12.3. The monoisotopic (exact) mass is 380 g/mol. The van der Waals surface area contributed by atoms with E-state index in [-0.39, 0.29) is 23.1 Å². The molecule has 0 radical (unpaired) electrons. The predicted octanol–water partition coefficient (Wildman–Crippen LogP) is 3.41. The molecule has 0 aliphatic heterocycles. The zero-order chi connectivity index (χ0) is 20.3. The van der Waals surface area contributed by atoms with E-state index in [0.29, 0.717) is 17.0 Å². The normalized spacial score (nSPS) is 13.7. The lowest BCUT2D eigenvalue weighted by Crippen LogP contribution is -2.19. The first-order chi connectivity index (χ1) is 13.3. The van der Waals surface area contributed by atoms with E-state index >= 15 is 0 Å². The molecule has 28 heavy (non-hydrogen) atoms. The Morgan fingerprint density at radius 1 is 1.14 bits per heavy atom. The molecule has 0 atom stereocenters. The molecule has 2 aromatic carbocycles. The molecule has 0 bridgehead atoms. The molecule has 1 aliphatic carbocycles. The first-order valence-corrected chi connectivity index (χ1v) is 8.86. The number of nitro benzene ring substituents is 1. The number of nitrogens with zero attached hydrogens (tertiary/aromatic N) is 2. The van der Waals surface area contributed by atoms with Gasteiger partial charge in [0.15, 0.2) is 0 Å². The molecule has 8 heteroatoms. The molecule has 0 unspecified atom stereocenters. The third-order valence-corrected chi connectivity index (χ3v) is 4.49. The topological polar surface area (TPSA) is 114 Å². The summed E-state index contributed by atoms with van der Waals surface area (Å²) in [5, 5.41) is 18.0. The molecule has 0 heterocycles. The summed E-state index contributed by atoms with van der Waals surface area (Å²) in [5.74, 6) is -0.419. The minimum atomic E-state index is -0.541. The molecule has 1 aliphatic rings. The van der Waals surface area contributed by atoms with Crippen LogP contribution in [-0.2, 0) is 4.79 Å².